The lowest BCUT2D eigenvalue weighted by Crippen LogP contribution is -2.44. The highest BCUT2D eigenvalue weighted by molar-refractivity contribution is 14.0. The summed E-state index contributed by atoms with van der Waals surface area (Å²) in [7, 11) is -1.30. The maximum atomic E-state index is 11.6. The van der Waals surface area contributed by atoms with Crippen molar-refractivity contribution >= 4 is 40.0 Å². The summed E-state index contributed by atoms with van der Waals surface area (Å²) in [5.41, 5.74) is 0. The summed E-state index contributed by atoms with van der Waals surface area (Å²) in [5, 5.41) is 6.34. The summed E-state index contributed by atoms with van der Waals surface area (Å²) in [5.74, 6) is 0.969. The van der Waals surface area contributed by atoms with Gasteiger partial charge in [-0.05, 0) is 19.3 Å². The van der Waals surface area contributed by atoms with Gasteiger partial charge in [0.15, 0.2) is 5.96 Å². The van der Waals surface area contributed by atoms with E-state index in [1.54, 1.807) is 7.05 Å². The number of nitrogens with zero attached hydrogens (tertiary/aromatic N) is 2. The van der Waals surface area contributed by atoms with Crippen molar-refractivity contribution in [3.05, 3.63) is 0 Å². The third kappa shape index (κ3) is 5.87. The molecule has 1 atom stereocenters. The number of rotatable bonds is 5. The molecule has 0 aliphatic carbocycles. The summed E-state index contributed by atoms with van der Waals surface area (Å²) >= 11 is 0. The van der Waals surface area contributed by atoms with Crippen LogP contribution in [0.2, 0.25) is 0 Å². The molecular weight excluding hydrogens is 407 g/mol. The van der Waals surface area contributed by atoms with Crippen LogP contribution in [0, 0.1) is 0 Å². The van der Waals surface area contributed by atoms with E-state index in [1.165, 1.54) is 4.31 Å². The molecular formula is C12H25IN4O3S. The number of nitrogens with one attached hydrogen (secondary N) is 2. The minimum atomic E-state index is -3.00. The number of hydrogen-bond acceptors (Lipinski definition) is 4. The van der Waals surface area contributed by atoms with Crippen LogP contribution in [-0.4, -0.2) is 70.4 Å². The number of guanidine groups is 1. The van der Waals surface area contributed by atoms with E-state index in [-0.39, 0.29) is 35.8 Å². The molecule has 0 aromatic carbocycles. The van der Waals surface area contributed by atoms with E-state index in [4.69, 9.17) is 4.74 Å². The molecule has 2 aliphatic rings. The Morgan fingerprint density at radius 1 is 1.38 bits per heavy atom. The van der Waals surface area contributed by atoms with Crippen molar-refractivity contribution in [2.45, 2.75) is 25.4 Å². The highest BCUT2D eigenvalue weighted by Crippen LogP contribution is 2.12. The van der Waals surface area contributed by atoms with Gasteiger partial charge in [0.2, 0.25) is 10.0 Å². The fourth-order valence-corrected chi connectivity index (χ4v) is 4.01. The van der Waals surface area contributed by atoms with Crippen molar-refractivity contribution in [3.8, 4) is 0 Å². The molecule has 2 saturated heterocycles. The third-order valence-electron chi connectivity index (χ3n) is 3.60. The molecule has 0 amide bonds. The summed E-state index contributed by atoms with van der Waals surface area (Å²) in [6, 6.07) is 0. The molecule has 0 aromatic rings. The largest absolute Gasteiger partial charge is 0.376 e. The molecule has 0 radical (unpaired) electrons. The van der Waals surface area contributed by atoms with Crippen LogP contribution >= 0.6 is 24.0 Å². The molecule has 1 unspecified atom stereocenters. The van der Waals surface area contributed by atoms with Gasteiger partial charge in [-0.25, -0.2) is 12.7 Å². The summed E-state index contributed by atoms with van der Waals surface area (Å²) in [4.78, 5) is 4.12. The number of sulfonamides is 1. The summed E-state index contributed by atoms with van der Waals surface area (Å²) in [6.45, 7) is 3.26. The molecule has 0 spiro atoms. The Bertz CT molecular complexity index is 438. The lowest BCUT2D eigenvalue weighted by atomic mass is 10.2. The van der Waals surface area contributed by atoms with Crippen LogP contribution in [0.5, 0.6) is 0 Å². The van der Waals surface area contributed by atoms with Crippen LogP contribution in [0.1, 0.15) is 19.3 Å². The highest BCUT2D eigenvalue weighted by Gasteiger charge is 2.27. The number of halogens is 1. The zero-order chi connectivity index (χ0) is 14.4. The predicted octanol–water partition coefficient (Wildman–Crippen LogP) is -0.0161. The van der Waals surface area contributed by atoms with Gasteiger partial charge >= 0.3 is 0 Å². The first-order valence-corrected chi connectivity index (χ1v) is 8.77. The molecule has 21 heavy (non-hydrogen) atoms. The van der Waals surface area contributed by atoms with Gasteiger partial charge in [-0.15, -0.1) is 24.0 Å². The van der Waals surface area contributed by atoms with Gasteiger partial charge in [0.1, 0.15) is 0 Å². The van der Waals surface area contributed by atoms with Crippen LogP contribution in [0.25, 0.3) is 0 Å². The van der Waals surface area contributed by atoms with Crippen molar-refractivity contribution in [1.29, 1.82) is 0 Å². The second-order valence-electron chi connectivity index (χ2n) is 5.08. The number of ether oxygens (including phenoxy) is 1. The quantitative estimate of drug-likeness (QED) is 0.363. The minimum absolute atomic E-state index is 0. The monoisotopic (exact) mass is 432 g/mol. The Balaban J connectivity index is 0.00000220. The van der Waals surface area contributed by atoms with Crippen molar-refractivity contribution in [2.75, 3.05) is 45.6 Å². The molecule has 124 valence electrons. The second kappa shape index (κ2) is 9.11. The second-order valence-corrected chi connectivity index (χ2v) is 7.17. The van der Waals surface area contributed by atoms with E-state index < -0.39 is 10.0 Å². The van der Waals surface area contributed by atoms with Crippen molar-refractivity contribution in [2.24, 2.45) is 4.99 Å². The standard InChI is InChI=1S/C12H24N4O3S.HI/c1-13-12(15-10-11-4-2-8-19-11)14-5-7-16-6-3-9-20(16,17)18;/h11H,2-10H2,1H3,(H2,13,14,15);1H. The fourth-order valence-electron chi connectivity index (χ4n) is 2.48. The Kier molecular flexibility index (Phi) is 8.21. The van der Waals surface area contributed by atoms with Gasteiger partial charge in [-0.3, -0.25) is 4.99 Å². The SMILES string of the molecule is CN=C(NCCN1CCCS1(=O)=O)NCC1CCCO1.I. The molecule has 0 aromatic heterocycles. The van der Waals surface area contributed by atoms with E-state index in [9.17, 15) is 8.42 Å². The molecule has 2 rings (SSSR count). The lowest BCUT2D eigenvalue weighted by Gasteiger charge is -2.17. The zero-order valence-electron chi connectivity index (χ0n) is 12.4. The normalized spacial score (nSPS) is 25.6. The van der Waals surface area contributed by atoms with Gasteiger partial charge in [-0.2, -0.15) is 0 Å². The van der Waals surface area contributed by atoms with E-state index in [0.29, 0.717) is 25.6 Å². The number of hydrogen-bond donors (Lipinski definition) is 2. The Hall–Kier alpha value is -0.130. The first kappa shape index (κ1) is 18.9. The van der Waals surface area contributed by atoms with E-state index in [0.717, 1.165) is 32.4 Å². The van der Waals surface area contributed by atoms with E-state index in [1.807, 2.05) is 0 Å². The van der Waals surface area contributed by atoms with E-state index in [2.05, 4.69) is 15.6 Å². The smallest absolute Gasteiger partial charge is 0.214 e. The Morgan fingerprint density at radius 2 is 2.19 bits per heavy atom. The molecule has 0 saturated carbocycles. The average Bonchev–Trinajstić information content (AvgIpc) is 3.03. The molecule has 9 heteroatoms. The van der Waals surface area contributed by atoms with Crippen molar-refractivity contribution < 1.29 is 13.2 Å². The van der Waals surface area contributed by atoms with Crippen LogP contribution in [0.4, 0.5) is 0 Å². The van der Waals surface area contributed by atoms with Crippen molar-refractivity contribution in [3.63, 3.8) is 0 Å². The third-order valence-corrected chi connectivity index (χ3v) is 5.56. The zero-order valence-corrected chi connectivity index (χ0v) is 15.5. The molecule has 2 N–H and O–H groups in total. The fraction of sp³-hybridized carbons (Fsp3) is 0.917. The van der Waals surface area contributed by atoms with Gasteiger partial charge < -0.3 is 15.4 Å². The first-order valence-electron chi connectivity index (χ1n) is 7.16. The van der Waals surface area contributed by atoms with Crippen LogP contribution < -0.4 is 10.6 Å². The predicted molar refractivity (Wildman–Crippen MR) is 93.7 cm³/mol. The molecule has 2 fully saturated rings. The molecule has 2 heterocycles. The molecule has 2 aliphatic heterocycles. The van der Waals surface area contributed by atoms with Crippen molar-refractivity contribution in [1.82, 2.24) is 14.9 Å². The maximum absolute atomic E-state index is 11.6. The Labute approximate surface area is 144 Å². The van der Waals surface area contributed by atoms with Crippen LogP contribution in [-0.2, 0) is 14.8 Å². The summed E-state index contributed by atoms with van der Waals surface area (Å²) in [6.07, 6.45) is 3.18. The van der Waals surface area contributed by atoms with E-state index >= 15 is 0 Å². The Morgan fingerprint density at radius 3 is 2.76 bits per heavy atom. The van der Waals surface area contributed by atoms with Crippen LogP contribution in [0.3, 0.4) is 0 Å². The molecule has 0 bridgehead atoms. The van der Waals surface area contributed by atoms with Crippen LogP contribution in [0.15, 0.2) is 4.99 Å². The summed E-state index contributed by atoms with van der Waals surface area (Å²) < 4.78 is 30.3. The average molecular weight is 432 g/mol. The topological polar surface area (TPSA) is 83.0 Å². The maximum Gasteiger partial charge on any atom is 0.214 e. The lowest BCUT2D eigenvalue weighted by molar-refractivity contribution is 0.114. The van der Waals surface area contributed by atoms with Gasteiger partial charge in [0.25, 0.3) is 0 Å². The minimum Gasteiger partial charge on any atom is -0.376 e. The molecule has 7 nitrogen and oxygen atoms in total. The highest BCUT2D eigenvalue weighted by atomic mass is 127. The van der Waals surface area contributed by atoms with Gasteiger partial charge in [0.05, 0.1) is 11.9 Å². The van der Waals surface area contributed by atoms with Gasteiger partial charge in [-0.1, -0.05) is 0 Å². The van der Waals surface area contributed by atoms with Gasteiger partial charge in [0, 0.05) is 39.8 Å². The first-order chi connectivity index (χ1) is 9.62. The number of aliphatic imine (C=N–C) groups is 1.